The summed E-state index contributed by atoms with van der Waals surface area (Å²) in [5.41, 5.74) is 14.6. The third-order valence-electron chi connectivity index (χ3n) is 2.94. The number of nitrogens with two attached hydrogens (primary N) is 2. The van der Waals surface area contributed by atoms with E-state index in [0.717, 1.165) is 28.7 Å². The van der Waals surface area contributed by atoms with Crippen molar-refractivity contribution in [2.45, 2.75) is 6.42 Å². The third kappa shape index (κ3) is 3.19. The van der Waals surface area contributed by atoms with Gasteiger partial charge in [0.1, 0.15) is 11.7 Å². The lowest BCUT2D eigenvalue weighted by Crippen LogP contribution is -2.11. The topological polar surface area (TPSA) is 99.7 Å². The Hall–Kier alpha value is -2.62. The molecule has 0 bridgehead atoms. The van der Waals surface area contributed by atoms with Crippen molar-refractivity contribution in [1.82, 2.24) is 0 Å². The number of hydrogen-bond acceptors (Lipinski definition) is 2. The summed E-state index contributed by atoms with van der Waals surface area (Å²) in [7, 11) is 0. The van der Waals surface area contributed by atoms with Gasteiger partial charge < -0.3 is 11.5 Å². The van der Waals surface area contributed by atoms with Crippen LogP contribution in [-0.2, 0) is 6.42 Å². The fraction of sp³-hybridized carbons (Fsp3) is 0.0667. The number of amidine groups is 2. The van der Waals surface area contributed by atoms with Crippen LogP contribution in [0, 0.1) is 10.8 Å². The van der Waals surface area contributed by atoms with Gasteiger partial charge in [-0.15, -0.1) is 0 Å². The van der Waals surface area contributed by atoms with Gasteiger partial charge in [0.15, 0.2) is 0 Å². The monoisotopic (exact) mass is 252 g/mol. The smallest absolute Gasteiger partial charge is 0.122 e. The van der Waals surface area contributed by atoms with Gasteiger partial charge in [-0.2, -0.15) is 0 Å². The Kier molecular flexibility index (Phi) is 3.61. The van der Waals surface area contributed by atoms with Crippen LogP contribution in [0.2, 0.25) is 0 Å². The fourth-order valence-electron chi connectivity index (χ4n) is 1.84. The van der Waals surface area contributed by atoms with E-state index >= 15 is 0 Å². The van der Waals surface area contributed by atoms with Gasteiger partial charge in [0, 0.05) is 11.1 Å². The Bertz CT molecular complexity index is 542. The van der Waals surface area contributed by atoms with Crippen LogP contribution in [0.1, 0.15) is 22.3 Å². The second kappa shape index (κ2) is 5.35. The molecule has 0 aromatic heterocycles. The zero-order chi connectivity index (χ0) is 13.8. The van der Waals surface area contributed by atoms with Crippen molar-refractivity contribution in [1.29, 1.82) is 10.8 Å². The van der Waals surface area contributed by atoms with E-state index in [1.165, 1.54) is 0 Å². The molecule has 0 unspecified atom stereocenters. The molecule has 2 aromatic carbocycles. The van der Waals surface area contributed by atoms with E-state index < -0.39 is 0 Å². The Morgan fingerprint density at radius 3 is 1.26 bits per heavy atom. The predicted octanol–water partition coefficient (Wildman–Crippen LogP) is 1.85. The van der Waals surface area contributed by atoms with Crippen LogP contribution < -0.4 is 11.5 Å². The maximum absolute atomic E-state index is 7.34. The Balaban J connectivity index is 2.12. The largest absolute Gasteiger partial charge is 0.384 e. The van der Waals surface area contributed by atoms with Gasteiger partial charge >= 0.3 is 0 Å². The second-order valence-corrected chi connectivity index (χ2v) is 4.40. The van der Waals surface area contributed by atoms with Crippen LogP contribution in [0.25, 0.3) is 0 Å². The molecule has 2 aromatic rings. The summed E-state index contributed by atoms with van der Waals surface area (Å²) in [6, 6.07) is 15.3. The predicted molar refractivity (Wildman–Crippen MR) is 77.7 cm³/mol. The van der Waals surface area contributed by atoms with Crippen LogP contribution in [-0.4, -0.2) is 11.7 Å². The first kappa shape index (κ1) is 12.8. The molecular formula is C15H16N4. The lowest BCUT2D eigenvalue weighted by Gasteiger charge is -2.05. The number of rotatable bonds is 4. The molecule has 0 heterocycles. The van der Waals surface area contributed by atoms with E-state index in [0.29, 0.717) is 0 Å². The normalized spacial score (nSPS) is 10.1. The molecule has 19 heavy (non-hydrogen) atoms. The van der Waals surface area contributed by atoms with E-state index in [1.54, 1.807) is 0 Å². The molecule has 0 atom stereocenters. The summed E-state index contributed by atoms with van der Waals surface area (Å²) < 4.78 is 0. The van der Waals surface area contributed by atoms with Crippen molar-refractivity contribution in [2.75, 3.05) is 0 Å². The highest BCUT2D eigenvalue weighted by molar-refractivity contribution is 5.95. The average molecular weight is 252 g/mol. The van der Waals surface area contributed by atoms with Crippen molar-refractivity contribution in [3.63, 3.8) is 0 Å². The summed E-state index contributed by atoms with van der Waals surface area (Å²) >= 11 is 0. The minimum absolute atomic E-state index is 0.0809. The highest BCUT2D eigenvalue weighted by Crippen LogP contribution is 2.12. The van der Waals surface area contributed by atoms with Gasteiger partial charge in [0.2, 0.25) is 0 Å². The van der Waals surface area contributed by atoms with Crippen molar-refractivity contribution in [3.8, 4) is 0 Å². The lowest BCUT2D eigenvalue weighted by molar-refractivity contribution is 1.19. The molecule has 0 aliphatic rings. The zero-order valence-corrected chi connectivity index (χ0v) is 10.5. The van der Waals surface area contributed by atoms with Crippen molar-refractivity contribution < 1.29 is 0 Å². The summed E-state index contributed by atoms with van der Waals surface area (Å²) in [6.45, 7) is 0. The molecule has 0 spiro atoms. The van der Waals surface area contributed by atoms with Gasteiger partial charge in [-0.3, -0.25) is 10.8 Å². The third-order valence-corrected chi connectivity index (χ3v) is 2.94. The van der Waals surface area contributed by atoms with Crippen molar-refractivity contribution >= 4 is 11.7 Å². The van der Waals surface area contributed by atoms with E-state index in [1.807, 2.05) is 48.5 Å². The highest BCUT2D eigenvalue weighted by Gasteiger charge is 2.00. The average Bonchev–Trinajstić information content (AvgIpc) is 2.40. The number of nitrogens with one attached hydrogen (secondary N) is 2. The molecule has 0 fully saturated rings. The zero-order valence-electron chi connectivity index (χ0n) is 10.5. The molecule has 4 heteroatoms. The van der Waals surface area contributed by atoms with Crippen LogP contribution in [0.15, 0.2) is 48.5 Å². The highest BCUT2D eigenvalue weighted by atomic mass is 14.7. The maximum Gasteiger partial charge on any atom is 0.122 e. The summed E-state index contributed by atoms with van der Waals surface area (Å²) in [5.74, 6) is 0.162. The molecule has 4 nitrogen and oxygen atoms in total. The molecule has 2 rings (SSSR count). The number of nitrogen functional groups attached to an aromatic ring is 2. The molecule has 0 radical (unpaired) electrons. The number of benzene rings is 2. The van der Waals surface area contributed by atoms with E-state index in [2.05, 4.69) is 0 Å². The van der Waals surface area contributed by atoms with Gasteiger partial charge in [-0.1, -0.05) is 48.5 Å². The first-order chi connectivity index (χ1) is 9.06. The van der Waals surface area contributed by atoms with Crippen LogP contribution >= 0.6 is 0 Å². The molecule has 0 aliphatic heterocycles. The van der Waals surface area contributed by atoms with Crippen molar-refractivity contribution in [2.24, 2.45) is 11.5 Å². The standard InChI is InChI=1S/C15H16N4/c16-14(17)12-5-1-10(2-6-12)9-11-3-7-13(8-4-11)15(18)19/h1-8H,9H2,(H3,16,17)(H3,18,19). The maximum atomic E-state index is 7.34. The SMILES string of the molecule is N=C(N)c1ccc(Cc2ccc(C(=N)N)cc2)cc1. The second-order valence-electron chi connectivity index (χ2n) is 4.40. The Morgan fingerprint density at radius 1 is 0.684 bits per heavy atom. The van der Waals surface area contributed by atoms with Crippen LogP contribution in [0.5, 0.6) is 0 Å². The summed E-state index contributed by atoms with van der Waals surface area (Å²) in [4.78, 5) is 0. The molecule has 6 N–H and O–H groups in total. The summed E-state index contributed by atoms with van der Waals surface area (Å²) in [6.07, 6.45) is 0.802. The molecule has 0 saturated heterocycles. The van der Waals surface area contributed by atoms with E-state index in [4.69, 9.17) is 22.3 Å². The molecular weight excluding hydrogens is 236 g/mol. The van der Waals surface area contributed by atoms with Gasteiger partial charge in [0.05, 0.1) is 0 Å². The summed E-state index contributed by atoms with van der Waals surface area (Å²) in [5, 5.41) is 14.7. The fourth-order valence-corrected chi connectivity index (χ4v) is 1.84. The minimum Gasteiger partial charge on any atom is -0.384 e. The van der Waals surface area contributed by atoms with Gasteiger partial charge in [0.25, 0.3) is 0 Å². The van der Waals surface area contributed by atoms with E-state index in [9.17, 15) is 0 Å². The van der Waals surface area contributed by atoms with Gasteiger partial charge in [-0.05, 0) is 17.5 Å². The first-order valence-corrected chi connectivity index (χ1v) is 5.93. The lowest BCUT2D eigenvalue weighted by atomic mass is 10.0. The number of hydrogen-bond donors (Lipinski definition) is 4. The molecule has 0 amide bonds. The Labute approximate surface area is 112 Å². The van der Waals surface area contributed by atoms with Crippen molar-refractivity contribution in [3.05, 3.63) is 70.8 Å². The van der Waals surface area contributed by atoms with Gasteiger partial charge in [-0.25, -0.2) is 0 Å². The Morgan fingerprint density at radius 2 is 1.00 bits per heavy atom. The quantitative estimate of drug-likeness (QED) is 0.493. The molecule has 0 saturated carbocycles. The first-order valence-electron chi connectivity index (χ1n) is 5.93. The molecule has 0 aliphatic carbocycles. The minimum atomic E-state index is 0.0809. The van der Waals surface area contributed by atoms with E-state index in [-0.39, 0.29) is 11.7 Å². The molecule has 96 valence electrons. The van der Waals surface area contributed by atoms with Crippen LogP contribution in [0.3, 0.4) is 0 Å². The van der Waals surface area contributed by atoms with Crippen LogP contribution in [0.4, 0.5) is 0 Å².